The molecule has 0 spiro atoms. The zero-order valence-electron chi connectivity index (χ0n) is 11.8. The van der Waals surface area contributed by atoms with Crippen LogP contribution in [-0.2, 0) is 4.74 Å². The lowest BCUT2D eigenvalue weighted by atomic mass is 10.1. The van der Waals surface area contributed by atoms with Crippen molar-refractivity contribution < 1.29 is 27.2 Å². The highest BCUT2D eigenvalue weighted by Crippen LogP contribution is 2.25. The molecule has 0 bridgehead atoms. The summed E-state index contributed by atoms with van der Waals surface area (Å²) >= 11 is 0. The van der Waals surface area contributed by atoms with Crippen molar-refractivity contribution in [2.75, 3.05) is 19.7 Å². The minimum Gasteiger partial charge on any atom is -0.366 e. The summed E-state index contributed by atoms with van der Waals surface area (Å²) in [6, 6.07) is 2.93. The van der Waals surface area contributed by atoms with Gasteiger partial charge in [0.15, 0.2) is 0 Å². The first kappa shape index (κ1) is 15.5. The van der Waals surface area contributed by atoms with Gasteiger partial charge >= 0.3 is 0 Å². The summed E-state index contributed by atoms with van der Waals surface area (Å²) in [6.45, 7) is 0.683. The highest BCUT2D eigenvalue weighted by Gasteiger charge is 2.29. The third-order valence-electron chi connectivity index (χ3n) is 3.50. The lowest BCUT2D eigenvalue weighted by Crippen LogP contribution is -2.42. The van der Waals surface area contributed by atoms with E-state index in [0.717, 1.165) is 18.5 Å². The van der Waals surface area contributed by atoms with Crippen LogP contribution >= 0.6 is 0 Å². The molecule has 1 atom stereocenters. The second kappa shape index (κ2) is 6.37. The minimum atomic E-state index is -2.99. The van der Waals surface area contributed by atoms with Crippen molar-refractivity contribution in [2.45, 2.75) is 12.5 Å². The number of benzene rings is 1. The Morgan fingerprint density at radius 2 is 2.22 bits per heavy atom. The number of halogens is 3. The lowest BCUT2D eigenvalue weighted by Gasteiger charge is -2.31. The predicted molar refractivity (Wildman–Crippen MR) is 70.3 cm³/mol. The molecule has 1 unspecified atom stereocenters. The fourth-order valence-corrected chi connectivity index (χ4v) is 2.34. The first-order valence-electron chi connectivity index (χ1n) is 6.81. The van der Waals surface area contributed by atoms with Crippen LogP contribution in [0.25, 0.3) is 0 Å². The summed E-state index contributed by atoms with van der Waals surface area (Å²) in [6.07, 6.45) is -2.39. The number of amides is 1. The highest BCUT2D eigenvalue weighted by molar-refractivity contribution is 5.94. The molecule has 2 heterocycles. The topological polar surface area (TPSA) is 68.5 Å². The molecule has 23 heavy (non-hydrogen) atoms. The maximum atomic E-state index is 13.3. The molecule has 1 saturated heterocycles. The Bertz CT molecular complexity index is 694. The van der Waals surface area contributed by atoms with E-state index in [-0.39, 0.29) is 25.3 Å². The van der Waals surface area contributed by atoms with Gasteiger partial charge in [-0.3, -0.25) is 4.79 Å². The SMILES string of the molecule is O=C(c1ccc(F)c(C(F)F)c1)N1CCOC(c2ncon2)C1. The van der Waals surface area contributed by atoms with Crippen LogP contribution in [0.1, 0.15) is 34.3 Å². The molecular formula is C14H12F3N3O3. The van der Waals surface area contributed by atoms with Crippen LogP contribution in [0.3, 0.4) is 0 Å². The summed E-state index contributed by atoms with van der Waals surface area (Å²) in [5.41, 5.74) is -0.797. The number of nitrogens with zero attached hydrogens (tertiary/aromatic N) is 3. The molecule has 0 aliphatic carbocycles. The maximum Gasteiger partial charge on any atom is 0.266 e. The molecule has 1 aromatic carbocycles. The van der Waals surface area contributed by atoms with Crippen molar-refractivity contribution in [3.05, 3.63) is 47.4 Å². The molecule has 1 aliphatic rings. The molecule has 3 rings (SSSR count). The Morgan fingerprint density at radius 1 is 1.39 bits per heavy atom. The zero-order valence-corrected chi connectivity index (χ0v) is 11.8. The third-order valence-corrected chi connectivity index (χ3v) is 3.50. The normalized spacial score (nSPS) is 18.4. The van der Waals surface area contributed by atoms with Crippen LogP contribution in [-0.4, -0.2) is 40.6 Å². The Kier molecular flexibility index (Phi) is 4.28. The van der Waals surface area contributed by atoms with E-state index >= 15 is 0 Å². The van der Waals surface area contributed by atoms with Gasteiger partial charge in [0.25, 0.3) is 12.3 Å². The molecular weight excluding hydrogens is 315 g/mol. The van der Waals surface area contributed by atoms with E-state index in [1.807, 2.05) is 0 Å². The fourth-order valence-electron chi connectivity index (χ4n) is 2.34. The van der Waals surface area contributed by atoms with Crippen molar-refractivity contribution in [2.24, 2.45) is 0 Å². The standard InChI is InChI=1S/C14H12F3N3O3/c15-10-2-1-8(5-9(10)12(16)17)14(21)20-3-4-22-11(6-20)13-18-7-23-19-13/h1-2,5,7,11-12H,3-4,6H2. The van der Waals surface area contributed by atoms with Gasteiger partial charge in [0.05, 0.1) is 18.7 Å². The Hall–Kier alpha value is -2.42. The average Bonchev–Trinajstić information content (AvgIpc) is 3.09. The van der Waals surface area contributed by atoms with Crippen molar-refractivity contribution in [3.63, 3.8) is 0 Å². The van der Waals surface area contributed by atoms with E-state index in [9.17, 15) is 18.0 Å². The van der Waals surface area contributed by atoms with Gasteiger partial charge in [0, 0.05) is 12.1 Å². The van der Waals surface area contributed by atoms with E-state index in [2.05, 4.69) is 14.7 Å². The summed E-state index contributed by atoms with van der Waals surface area (Å²) in [5, 5.41) is 3.66. The number of hydrogen-bond acceptors (Lipinski definition) is 5. The fraction of sp³-hybridized carbons (Fsp3) is 0.357. The van der Waals surface area contributed by atoms with Crippen LogP contribution in [0.4, 0.5) is 13.2 Å². The largest absolute Gasteiger partial charge is 0.366 e. The van der Waals surface area contributed by atoms with E-state index in [0.29, 0.717) is 5.82 Å². The van der Waals surface area contributed by atoms with Crippen LogP contribution in [0.2, 0.25) is 0 Å². The van der Waals surface area contributed by atoms with Gasteiger partial charge in [0.1, 0.15) is 11.9 Å². The smallest absolute Gasteiger partial charge is 0.266 e. The van der Waals surface area contributed by atoms with Gasteiger partial charge in [-0.25, -0.2) is 13.2 Å². The Balaban J connectivity index is 1.78. The summed E-state index contributed by atoms with van der Waals surface area (Å²) in [7, 11) is 0. The van der Waals surface area contributed by atoms with Gasteiger partial charge in [-0.15, -0.1) is 0 Å². The third kappa shape index (κ3) is 3.19. The molecule has 6 nitrogen and oxygen atoms in total. The van der Waals surface area contributed by atoms with Crippen molar-refractivity contribution >= 4 is 5.91 Å². The zero-order chi connectivity index (χ0) is 16.4. The lowest BCUT2D eigenvalue weighted by molar-refractivity contribution is -0.0276. The van der Waals surface area contributed by atoms with Gasteiger partial charge in [-0.1, -0.05) is 5.16 Å². The predicted octanol–water partition coefficient (Wildman–Crippen LogP) is 2.36. The summed E-state index contributed by atoms with van der Waals surface area (Å²) in [5.74, 6) is -1.22. The van der Waals surface area contributed by atoms with Crippen LogP contribution in [0, 0.1) is 5.82 Å². The Labute approximate surface area is 128 Å². The highest BCUT2D eigenvalue weighted by atomic mass is 19.3. The molecule has 122 valence electrons. The molecule has 1 aromatic heterocycles. The summed E-state index contributed by atoms with van der Waals surface area (Å²) < 4.78 is 48.9. The molecule has 2 aromatic rings. The molecule has 0 saturated carbocycles. The number of carbonyl (C=O) groups excluding carboxylic acids is 1. The Morgan fingerprint density at radius 3 is 2.91 bits per heavy atom. The quantitative estimate of drug-likeness (QED) is 0.866. The molecule has 1 amide bonds. The van der Waals surface area contributed by atoms with Crippen LogP contribution in [0.5, 0.6) is 0 Å². The number of hydrogen-bond donors (Lipinski definition) is 0. The average molecular weight is 327 g/mol. The van der Waals surface area contributed by atoms with Gasteiger partial charge in [0.2, 0.25) is 12.2 Å². The molecule has 9 heteroatoms. The molecule has 1 fully saturated rings. The summed E-state index contributed by atoms with van der Waals surface area (Å²) in [4.78, 5) is 17.7. The van der Waals surface area contributed by atoms with E-state index in [4.69, 9.17) is 4.74 Å². The number of ether oxygens (including phenoxy) is 1. The van der Waals surface area contributed by atoms with E-state index < -0.39 is 29.8 Å². The first-order valence-corrected chi connectivity index (χ1v) is 6.81. The van der Waals surface area contributed by atoms with Gasteiger partial charge in [-0.2, -0.15) is 4.98 Å². The number of alkyl halides is 2. The van der Waals surface area contributed by atoms with Gasteiger partial charge in [-0.05, 0) is 18.2 Å². The maximum absolute atomic E-state index is 13.3. The van der Waals surface area contributed by atoms with E-state index in [1.165, 1.54) is 11.0 Å². The number of aromatic nitrogens is 2. The number of rotatable bonds is 3. The molecule has 1 aliphatic heterocycles. The van der Waals surface area contributed by atoms with Crippen molar-refractivity contribution in [1.29, 1.82) is 0 Å². The first-order chi connectivity index (χ1) is 11.1. The van der Waals surface area contributed by atoms with Crippen molar-refractivity contribution in [1.82, 2.24) is 15.0 Å². The van der Waals surface area contributed by atoms with E-state index in [1.54, 1.807) is 0 Å². The second-order valence-corrected chi connectivity index (χ2v) is 4.94. The van der Waals surface area contributed by atoms with Crippen LogP contribution in [0.15, 0.2) is 29.1 Å². The van der Waals surface area contributed by atoms with Gasteiger partial charge < -0.3 is 14.2 Å². The minimum absolute atomic E-state index is 0.00420. The van der Waals surface area contributed by atoms with Crippen molar-refractivity contribution in [3.8, 4) is 0 Å². The second-order valence-electron chi connectivity index (χ2n) is 4.94. The molecule has 0 N–H and O–H groups in total. The molecule has 0 radical (unpaired) electrons. The monoisotopic (exact) mass is 327 g/mol. The van der Waals surface area contributed by atoms with Crippen LogP contribution < -0.4 is 0 Å². The number of morpholine rings is 1. The number of carbonyl (C=O) groups is 1.